The van der Waals surface area contributed by atoms with Gasteiger partial charge in [-0.1, -0.05) is 61.0 Å². The number of likely N-dealkylation sites (tertiary alicyclic amines) is 1. The molecule has 3 heterocycles. The maximum atomic E-state index is 14.9. The molecule has 6 atom stereocenters. The van der Waals surface area contributed by atoms with Crippen LogP contribution in [-0.4, -0.2) is 80.4 Å². The summed E-state index contributed by atoms with van der Waals surface area (Å²) in [5.74, 6) is -1.79. The first kappa shape index (κ1) is 32.3. The van der Waals surface area contributed by atoms with Gasteiger partial charge in [-0.15, -0.1) is 24.9 Å². The van der Waals surface area contributed by atoms with Crippen molar-refractivity contribution in [1.29, 1.82) is 0 Å². The summed E-state index contributed by atoms with van der Waals surface area (Å²) in [4.78, 5) is 49.2. The van der Waals surface area contributed by atoms with Crippen LogP contribution in [0, 0.1) is 11.8 Å². The highest BCUT2D eigenvalue weighted by Gasteiger charge is 2.78. The van der Waals surface area contributed by atoms with E-state index in [-0.39, 0.29) is 30.9 Å². The Morgan fingerprint density at radius 1 is 1.09 bits per heavy atom. The molecule has 0 aromatic heterocycles. The largest absolute Gasteiger partial charge is 0.394 e. The molecule has 0 saturated carbocycles. The minimum absolute atomic E-state index is 0.0565. The molecule has 9 heteroatoms. The van der Waals surface area contributed by atoms with Gasteiger partial charge in [0.1, 0.15) is 6.04 Å². The van der Waals surface area contributed by atoms with Crippen LogP contribution in [0.15, 0.2) is 79.9 Å². The fraction of sp³-hybridized carbons (Fsp3) is 0.457. The van der Waals surface area contributed by atoms with E-state index in [2.05, 4.69) is 20.1 Å². The first-order valence-corrected chi connectivity index (χ1v) is 16.6. The van der Waals surface area contributed by atoms with Crippen LogP contribution in [0.25, 0.3) is 0 Å². The molecule has 2 aromatic rings. The van der Waals surface area contributed by atoms with Crippen LogP contribution in [0.3, 0.4) is 0 Å². The van der Waals surface area contributed by atoms with Gasteiger partial charge in [0.15, 0.2) is 0 Å². The van der Waals surface area contributed by atoms with Crippen LogP contribution in [-0.2, 0) is 20.8 Å². The molecule has 3 amide bonds. The minimum Gasteiger partial charge on any atom is -0.394 e. The maximum absolute atomic E-state index is 14.9. The van der Waals surface area contributed by atoms with Gasteiger partial charge in [-0.3, -0.25) is 14.4 Å². The fourth-order valence-corrected chi connectivity index (χ4v) is 10.1. The van der Waals surface area contributed by atoms with Gasteiger partial charge in [-0.25, -0.2) is 0 Å². The lowest BCUT2D eigenvalue weighted by molar-refractivity contribution is -0.146. The molecule has 2 aromatic carbocycles. The summed E-state index contributed by atoms with van der Waals surface area (Å²) in [6.45, 7) is 12.8. The third-order valence-electron chi connectivity index (χ3n) is 9.50. The van der Waals surface area contributed by atoms with Crippen molar-refractivity contribution in [3.05, 3.63) is 90.5 Å². The Bertz CT molecular complexity index is 1400. The SMILES string of the molecule is C=CCN(CCC)C(=O)[C@@H]1[C@H]2C(=O)N([C@@H](CO)Cc3ccccc3)C(C(=O)N(CC=C)c3ccc(Cl)cc3)C23CC[C@@]1(C)S3. The number of thioether (sulfide) groups is 1. The second-order valence-corrected chi connectivity index (χ2v) is 14.6. The van der Waals surface area contributed by atoms with Gasteiger partial charge < -0.3 is 19.8 Å². The monoisotopic (exact) mass is 635 g/mol. The number of nitrogens with zero attached hydrogens (tertiary/aromatic N) is 3. The third-order valence-corrected chi connectivity index (χ3v) is 11.7. The van der Waals surface area contributed by atoms with Crippen molar-refractivity contribution < 1.29 is 19.5 Å². The predicted molar refractivity (Wildman–Crippen MR) is 178 cm³/mol. The van der Waals surface area contributed by atoms with E-state index < -0.39 is 33.4 Å². The zero-order chi connectivity index (χ0) is 31.6. The average Bonchev–Trinajstić information content (AvgIpc) is 3.59. The number of amides is 3. The minimum atomic E-state index is -0.875. The van der Waals surface area contributed by atoms with E-state index in [9.17, 15) is 19.5 Å². The topological polar surface area (TPSA) is 81.2 Å². The smallest absolute Gasteiger partial charge is 0.251 e. The van der Waals surface area contributed by atoms with Crippen molar-refractivity contribution >= 4 is 46.8 Å². The molecule has 1 spiro atoms. The van der Waals surface area contributed by atoms with Gasteiger partial charge in [0.05, 0.1) is 29.2 Å². The van der Waals surface area contributed by atoms with Crippen LogP contribution < -0.4 is 4.90 Å². The first-order chi connectivity index (χ1) is 21.2. The molecule has 0 aliphatic carbocycles. The van der Waals surface area contributed by atoms with E-state index in [0.717, 1.165) is 12.0 Å². The van der Waals surface area contributed by atoms with Crippen molar-refractivity contribution in [2.75, 3.05) is 31.1 Å². The number of aliphatic hydroxyl groups excluding tert-OH is 1. The first-order valence-electron chi connectivity index (χ1n) is 15.4. The standard InChI is InChI=1S/C35H42ClN3O4S/c1-5-19-37(20-6-2)31(41)28-29-32(42)39(27(23-40)22-24-11-9-8-10-12-24)30(35(29)18-17-34(28,4)44-35)33(43)38(21-7-3)26-15-13-25(36)14-16-26/h5,7-16,27-30,40H,1,3,6,17-23H2,2,4H3/t27-,28+,29+,30?,34-,35?/m1/s1. The summed E-state index contributed by atoms with van der Waals surface area (Å²) < 4.78 is -1.31. The maximum Gasteiger partial charge on any atom is 0.251 e. The second-order valence-electron chi connectivity index (χ2n) is 12.3. The molecule has 0 radical (unpaired) electrons. The molecule has 3 aliphatic heterocycles. The molecule has 7 nitrogen and oxygen atoms in total. The number of benzene rings is 2. The summed E-state index contributed by atoms with van der Waals surface area (Å²) in [5, 5.41) is 11.3. The van der Waals surface area contributed by atoms with E-state index in [1.54, 1.807) is 62.9 Å². The number of carbonyl (C=O) groups excluding carboxylic acids is 3. The number of halogens is 1. The van der Waals surface area contributed by atoms with Crippen molar-refractivity contribution in [3.8, 4) is 0 Å². The zero-order valence-electron chi connectivity index (χ0n) is 25.5. The molecule has 2 bridgehead atoms. The number of fused-ring (bicyclic) bond motifs is 1. The van der Waals surface area contributed by atoms with Gasteiger partial charge >= 0.3 is 0 Å². The Kier molecular flexibility index (Phi) is 9.64. The Morgan fingerprint density at radius 2 is 1.77 bits per heavy atom. The number of hydrogen-bond donors (Lipinski definition) is 1. The van der Waals surface area contributed by atoms with E-state index in [1.807, 2.05) is 37.3 Å². The lowest BCUT2D eigenvalue weighted by Gasteiger charge is -2.39. The Labute approximate surface area is 269 Å². The second kappa shape index (κ2) is 13.1. The summed E-state index contributed by atoms with van der Waals surface area (Å²) in [5.41, 5.74) is 1.60. The Hall–Kier alpha value is -3.07. The summed E-state index contributed by atoms with van der Waals surface area (Å²) in [6, 6.07) is 15.2. The van der Waals surface area contributed by atoms with Gasteiger partial charge in [-0.2, -0.15) is 0 Å². The summed E-state index contributed by atoms with van der Waals surface area (Å²) in [6.07, 6.45) is 5.91. The van der Waals surface area contributed by atoms with Crippen molar-refractivity contribution in [2.45, 2.75) is 61.1 Å². The normalized spacial score (nSPS) is 27.6. The highest BCUT2D eigenvalue weighted by Crippen LogP contribution is 2.72. The van der Waals surface area contributed by atoms with E-state index in [4.69, 9.17) is 11.6 Å². The van der Waals surface area contributed by atoms with Crippen molar-refractivity contribution in [3.63, 3.8) is 0 Å². The lowest BCUT2D eigenvalue weighted by atomic mass is 9.66. The Balaban J connectivity index is 1.63. The van der Waals surface area contributed by atoms with Gasteiger partial charge in [0, 0.05) is 35.1 Å². The van der Waals surface area contributed by atoms with Gasteiger partial charge in [0.25, 0.3) is 5.91 Å². The average molecular weight is 636 g/mol. The van der Waals surface area contributed by atoms with Crippen LogP contribution in [0.4, 0.5) is 5.69 Å². The number of hydrogen-bond acceptors (Lipinski definition) is 5. The molecular formula is C35H42ClN3O4S. The van der Waals surface area contributed by atoms with Crippen LogP contribution >= 0.6 is 23.4 Å². The number of carbonyl (C=O) groups is 3. The van der Waals surface area contributed by atoms with E-state index in [0.29, 0.717) is 43.1 Å². The predicted octanol–water partition coefficient (Wildman–Crippen LogP) is 5.37. The Morgan fingerprint density at radius 3 is 2.39 bits per heavy atom. The highest BCUT2D eigenvalue weighted by atomic mass is 35.5. The molecular weight excluding hydrogens is 594 g/mol. The number of aliphatic hydroxyl groups is 1. The molecule has 3 fully saturated rings. The van der Waals surface area contributed by atoms with Gasteiger partial charge in [0.2, 0.25) is 11.8 Å². The quantitative estimate of drug-likeness (QED) is 0.300. The molecule has 234 valence electrons. The van der Waals surface area contributed by atoms with Crippen LogP contribution in [0.2, 0.25) is 5.02 Å². The molecule has 3 aliphatic rings. The molecule has 3 saturated heterocycles. The lowest BCUT2D eigenvalue weighted by Crippen LogP contribution is -2.58. The summed E-state index contributed by atoms with van der Waals surface area (Å²) in [7, 11) is 0. The zero-order valence-corrected chi connectivity index (χ0v) is 27.1. The highest BCUT2D eigenvalue weighted by molar-refractivity contribution is 8.02. The number of rotatable bonds is 13. The van der Waals surface area contributed by atoms with Crippen molar-refractivity contribution in [1.82, 2.24) is 9.80 Å². The third kappa shape index (κ3) is 5.50. The molecule has 5 rings (SSSR count). The van der Waals surface area contributed by atoms with E-state index in [1.165, 1.54) is 0 Å². The van der Waals surface area contributed by atoms with Crippen LogP contribution in [0.1, 0.15) is 38.7 Å². The van der Waals surface area contributed by atoms with E-state index >= 15 is 0 Å². The van der Waals surface area contributed by atoms with Gasteiger partial charge in [-0.05, 0) is 62.4 Å². The van der Waals surface area contributed by atoms with Crippen molar-refractivity contribution in [2.24, 2.45) is 11.8 Å². The summed E-state index contributed by atoms with van der Waals surface area (Å²) >= 11 is 7.83. The van der Waals surface area contributed by atoms with Crippen LogP contribution in [0.5, 0.6) is 0 Å². The number of anilines is 1. The molecule has 1 N–H and O–H groups in total. The molecule has 2 unspecified atom stereocenters. The molecule has 44 heavy (non-hydrogen) atoms. The fourth-order valence-electron chi connectivity index (χ4n) is 7.68.